The van der Waals surface area contributed by atoms with E-state index < -0.39 is 37.4 Å². The van der Waals surface area contributed by atoms with Crippen LogP contribution in [-0.4, -0.2) is 37.4 Å². The number of non-ortho nitro benzene ring substituents is 1. The van der Waals surface area contributed by atoms with Crippen molar-refractivity contribution in [3.05, 3.63) is 33.9 Å². The Morgan fingerprint density at radius 2 is 2.00 bits per heavy atom. The van der Waals surface area contributed by atoms with Crippen molar-refractivity contribution in [2.45, 2.75) is 18.3 Å². The molecule has 122 valence electrons. The molecule has 2 rings (SSSR count). The van der Waals surface area contributed by atoms with Gasteiger partial charge in [-0.2, -0.15) is 13.2 Å². The zero-order valence-electron chi connectivity index (χ0n) is 11.5. The largest absolute Gasteiger partial charge is 0.418 e. The highest BCUT2D eigenvalue weighted by atomic mass is 32.2. The Labute approximate surface area is 124 Å². The van der Waals surface area contributed by atoms with Crippen molar-refractivity contribution in [2.75, 3.05) is 23.7 Å². The minimum atomic E-state index is -4.76. The predicted octanol–water partition coefficient (Wildman–Crippen LogP) is 2.24. The molecule has 0 amide bonds. The van der Waals surface area contributed by atoms with Gasteiger partial charge >= 0.3 is 6.18 Å². The maximum Gasteiger partial charge on any atom is 0.418 e. The lowest BCUT2D eigenvalue weighted by Crippen LogP contribution is -2.46. The maximum atomic E-state index is 13.1. The van der Waals surface area contributed by atoms with E-state index in [0.29, 0.717) is 6.07 Å². The third kappa shape index (κ3) is 3.16. The van der Waals surface area contributed by atoms with Crippen molar-refractivity contribution in [2.24, 2.45) is 0 Å². The van der Waals surface area contributed by atoms with E-state index >= 15 is 0 Å². The first-order valence-corrected chi connectivity index (χ1v) is 8.06. The molecule has 22 heavy (non-hydrogen) atoms. The van der Waals surface area contributed by atoms with Gasteiger partial charge in [-0.15, -0.1) is 0 Å². The van der Waals surface area contributed by atoms with E-state index in [0.717, 1.165) is 12.1 Å². The Morgan fingerprint density at radius 1 is 1.36 bits per heavy atom. The summed E-state index contributed by atoms with van der Waals surface area (Å²) in [6.45, 7) is 1.27. The number of alkyl halides is 3. The molecule has 0 aliphatic carbocycles. The van der Waals surface area contributed by atoms with Gasteiger partial charge in [0.2, 0.25) is 0 Å². The molecule has 0 N–H and O–H groups in total. The number of rotatable bonds is 2. The van der Waals surface area contributed by atoms with Crippen LogP contribution in [0.25, 0.3) is 0 Å². The molecule has 6 nitrogen and oxygen atoms in total. The van der Waals surface area contributed by atoms with E-state index in [1.807, 2.05) is 0 Å². The van der Waals surface area contributed by atoms with Crippen molar-refractivity contribution in [3.8, 4) is 0 Å². The molecule has 1 aliphatic rings. The van der Waals surface area contributed by atoms with Gasteiger partial charge in [-0.1, -0.05) is 0 Å². The predicted molar refractivity (Wildman–Crippen MR) is 73.6 cm³/mol. The molecule has 0 aromatic heterocycles. The summed E-state index contributed by atoms with van der Waals surface area (Å²) in [7, 11) is -3.30. The molecule has 1 fully saturated rings. The number of sulfone groups is 1. The molecule has 10 heteroatoms. The molecular weight excluding hydrogens is 325 g/mol. The zero-order chi connectivity index (χ0) is 16.7. The first-order chi connectivity index (χ1) is 10.0. The van der Waals surface area contributed by atoms with Gasteiger partial charge in [0.1, 0.15) is 0 Å². The van der Waals surface area contributed by atoms with Gasteiger partial charge in [0.05, 0.1) is 21.5 Å². The molecule has 1 atom stereocenters. The Balaban J connectivity index is 2.45. The van der Waals surface area contributed by atoms with E-state index in [4.69, 9.17) is 0 Å². The highest BCUT2D eigenvalue weighted by Gasteiger charge is 2.38. The molecule has 1 aliphatic heterocycles. The standard InChI is InChI=1S/C12H13F3N2O4S/c1-8-7-16(4-5-22(8,20)21)11-3-2-9(17(18)19)6-10(11)12(13,14)15/h2-3,6,8H,4-5,7H2,1H3. The number of halogens is 3. The first-order valence-electron chi connectivity index (χ1n) is 6.34. The second kappa shape index (κ2) is 5.41. The van der Waals surface area contributed by atoms with E-state index in [-0.39, 0.29) is 24.5 Å². The van der Waals surface area contributed by atoms with Crippen LogP contribution in [0.2, 0.25) is 0 Å². The molecule has 1 unspecified atom stereocenters. The fourth-order valence-corrected chi connectivity index (χ4v) is 3.60. The average molecular weight is 338 g/mol. The van der Waals surface area contributed by atoms with Crippen molar-refractivity contribution >= 4 is 21.2 Å². The normalized spacial score (nSPS) is 21.6. The Bertz CT molecular complexity index is 703. The molecule has 1 heterocycles. The third-order valence-electron chi connectivity index (χ3n) is 3.57. The van der Waals surface area contributed by atoms with Crippen LogP contribution < -0.4 is 4.90 Å². The minimum absolute atomic E-state index is 0.0758. The summed E-state index contributed by atoms with van der Waals surface area (Å²) in [5.74, 6) is -0.248. The fourth-order valence-electron chi connectivity index (χ4n) is 2.31. The lowest BCUT2D eigenvalue weighted by Gasteiger charge is -2.34. The summed E-state index contributed by atoms with van der Waals surface area (Å²) in [6, 6.07) is 2.48. The highest BCUT2D eigenvalue weighted by Crippen LogP contribution is 2.39. The first kappa shape index (κ1) is 16.5. The van der Waals surface area contributed by atoms with Gasteiger partial charge in [-0.05, 0) is 13.0 Å². The number of hydrogen-bond acceptors (Lipinski definition) is 5. The molecule has 0 radical (unpaired) electrons. The topological polar surface area (TPSA) is 80.5 Å². The number of nitrogens with zero attached hydrogens (tertiary/aromatic N) is 2. The van der Waals surface area contributed by atoms with Crippen LogP contribution in [0.4, 0.5) is 24.5 Å². The van der Waals surface area contributed by atoms with Crippen LogP contribution in [0.5, 0.6) is 0 Å². The second-order valence-electron chi connectivity index (χ2n) is 5.08. The Kier molecular flexibility index (Phi) is 4.07. The molecule has 0 spiro atoms. The van der Waals surface area contributed by atoms with Crippen LogP contribution in [0.1, 0.15) is 12.5 Å². The van der Waals surface area contributed by atoms with Gasteiger partial charge in [0, 0.05) is 30.9 Å². The summed E-state index contributed by atoms with van der Waals surface area (Å²) in [5.41, 5.74) is -2.03. The summed E-state index contributed by atoms with van der Waals surface area (Å²) >= 11 is 0. The van der Waals surface area contributed by atoms with Crippen molar-refractivity contribution < 1.29 is 26.5 Å². The average Bonchev–Trinajstić information content (AvgIpc) is 2.40. The van der Waals surface area contributed by atoms with Crippen molar-refractivity contribution in [1.29, 1.82) is 0 Å². The van der Waals surface area contributed by atoms with Crippen LogP contribution in [0.3, 0.4) is 0 Å². The van der Waals surface area contributed by atoms with E-state index in [1.54, 1.807) is 0 Å². The maximum absolute atomic E-state index is 13.1. The summed E-state index contributed by atoms with van der Waals surface area (Å²) in [4.78, 5) is 11.1. The lowest BCUT2D eigenvalue weighted by atomic mass is 10.1. The quantitative estimate of drug-likeness (QED) is 0.610. The number of benzene rings is 1. The van der Waals surface area contributed by atoms with Gasteiger partial charge in [-0.3, -0.25) is 10.1 Å². The molecular formula is C12H13F3N2O4S. The number of anilines is 1. The summed E-state index contributed by atoms with van der Waals surface area (Å²) < 4.78 is 62.7. The van der Waals surface area contributed by atoms with Crippen molar-refractivity contribution in [1.82, 2.24) is 0 Å². The van der Waals surface area contributed by atoms with E-state index in [1.165, 1.54) is 11.8 Å². The smallest absolute Gasteiger partial charge is 0.369 e. The molecule has 1 saturated heterocycles. The molecule has 0 bridgehead atoms. The summed E-state index contributed by atoms with van der Waals surface area (Å²) in [5, 5.41) is 9.86. The zero-order valence-corrected chi connectivity index (χ0v) is 12.3. The summed E-state index contributed by atoms with van der Waals surface area (Å²) in [6.07, 6.45) is -4.76. The third-order valence-corrected chi connectivity index (χ3v) is 5.70. The lowest BCUT2D eigenvalue weighted by molar-refractivity contribution is -0.385. The Morgan fingerprint density at radius 3 is 2.50 bits per heavy atom. The Hall–Kier alpha value is -1.84. The number of nitro groups is 1. The van der Waals surface area contributed by atoms with Crippen LogP contribution in [-0.2, 0) is 16.0 Å². The monoisotopic (exact) mass is 338 g/mol. The van der Waals surface area contributed by atoms with Crippen LogP contribution in [0, 0.1) is 10.1 Å². The molecule has 0 saturated carbocycles. The number of nitro benzene ring substituents is 1. The SMILES string of the molecule is CC1CN(c2ccc([N+](=O)[O-])cc2C(F)(F)F)CCS1(=O)=O. The van der Waals surface area contributed by atoms with E-state index in [9.17, 15) is 31.7 Å². The van der Waals surface area contributed by atoms with Gasteiger partial charge in [-0.25, -0.2) is 8.42 Å². The highest BCUT2D eigenvalue weighted by molar-refractivity contribution is 7.92. The van der Waals surface area contributed by atoms with Gasteiger partial charge in [0.15, 0.2) is 9.84 Å². The molecule has 1 aromatic carbocycles. The second-order valence-corrected chi connectivity index (χ2v) is 7.62. The van der Waals surface area contributed by atoms with Crippen LogP contribution in [0.15, 0.2) is 18.2 Å². The van der Waals surface area contributed by atoms with Gasteiger partial charge < -0.3 is 4.90 Å². The van der Waals surface area contributed by atoms with Crippen molar-refractivity contribution in [3.63, 3.8) is 0 Å². The number of hydrogen-bond donors (Lipinski definition) is 0. The van der Waals surface area contributed by atoms with Crippen LogP contribution >= 0.6 is 0 Å². The minimum Gasteiger partial charge on any atom is -0.369 e. The van der Waals surface area contributed by atoms with Gasteiger partial charge in [0.25, 0.3) is 5.69 Å². The molecule has 1 aromatic rings. The fraction of sp³-hybridized carbons (Fsp3) is 0.500. The van der Waals surface area contributed by atoms with E-state index in [2.05, 4.69) is 0 Å².